The van der Waals surface area contributed by atoms with E-state index in [2.05, 4.69) is 36.2 Å². The zero-order valence-corrected chi connectivity index (χ0v) is 16.9. The van der Waals surface area contributed by atoms with Crippen molar-refractivity contribution in [1.29, 1.82) is 10.7 Å². The van der Waals surface area contributed by atoms with E-state index in [9.17, 15) is 4.39 Å². The Kier molecular flexibility index (Phi) is 6.90. The Morgan fingerprint density at radius 2 is 2.03 bits per heavy atom. The van der Waals surface area contributed by atoms with Crippen molar-refractivity contribution in [2.45, 2.75) is 45.9 Å². The molecule has 0 aromatic heterocycles. The van der Waals surface area contributed by atoms with E-state index >= 15 is 0 Å². The fourth-order valence-corrected chi connectivity index (χ4v) is 3.47. The minimum Gasteiger partial charge on any atom is -0.351 e. The van der Waals surface area contributed by atoms with Crippen molar-refractivity contribution in [3.05, 3.63) is 70.6 Å². The second-order valence-corrected chi connectivity index (χ2v) is 7.76. The maximum atomic E-state index is 14.4. The monoisotopic (exact) mass is 391 g/mol. The molecule has 1 aromatic carbocycles. The molecular weight excluding hydrogens is 365 g/mol. The molecule has 1 aliphatic heterocycles. The summed E-state index contributed by atoms with van der Waals surface area (Å²) in [7, 11) is 0. The Bertz CT molecular complexity index is 918. The van der Waals surface area contributed by atoms with E-state index in [1.54, 1.807) is 12.1 Å². The van der Waals surface area contributed by atoms with Gasteiger partial charge < -0.3 is 10.1 Å². The van der Waals surface area contributed by atoms with Crippen LogP contribution in [0, 0.1) is 28.6 Å². The highest BCUT2D eigenvalue weighted by atomic mass is 19.1. The van der Waals surface area contributed by atoms with E-state index in [1.807, 2.05) is 19.1 Å². The minimum absolute atomic E-state index is 0.241. The van der Waals surface area contributed by atoms with Crippen molar-refractivity contribution in [1.82, 2.24) is 0 Å². The van der Waals surface area contributed by atoms with Crippen LogP contribution < -0.4 is 0 Å². The lowest BCUT2D eigenvalue weighted by molar-refractivity contribution is 0.0194. The van der Waals surface area contributed by atoms with Crippen molar-refractivity contribution in [2.24, 2.45) is 16.8 Å². The zero-order valence-electron chi connectivity index (χ0n) is 16.9. The Balaban J connectivity index is 1.57. The van der Waals surface area contributed by atoms with Gasteiger partial charge in [0.25, 0.3) is 0 Å². The summed E-state index contributed by atoms with van der Waals surface area (Å²) < 4.78 is 20.3. The molecule has 150 valence electrons. The van der Waals surface area contributed by atoms with E-state index in [0.717, 1.165) is 17.6 Å². The van der Waals surface area contributed by atoms with Gasteiger partial charge in [0, 0.05) is 24.5 Å². The quantitative estimate of drug-likeness (QED) is 0.609. The SMILES string of the molecule is CC1C=CC(CC(=N)CC2=C(F)C=NC(OCc3ccc(C#N)cc3)C2C)=CC1. The van der Waals surface area contributed by atoms with Crippen molar-refractivity contribution in [2.75, 3.05) is 0 Å². The number of dihydropyridines is 1. The van der Waals surface area contributed by atoms with Gasteiger partial charge in [0.2, 0.25) is 0 Å². The standard InChI is InChI=1S/C24H26FN3O/c1-16-3-5-18(6-4-16)11-21(27)12-22-17(2)24(28-14-23(22)25)29-15-20-9-7-19(13-26)8-10-20/h3,5-10,14,16-17,24,27H,4,11-12,15H2,1-2H3. The van der Waals surface area contributed by atoms with Crippen LogP contribution in [0.4, 0.5) is 4.39 Å². The first-order chi connectivity index (χ1) is 14.0. The van der Waals surface area contributed by atoms with Crippen LogP contribution in [0.15, 0.2) is 64.5 Å². The van der Waals surface area contributed by atoms with Crippen molar-refractivity contribution in [3.8, 4) is 6.07 Å². The van der Waals surface area contributed by atoms with Crippen LogP contribution in [0.2, 0.25) is 0 Å². The highest BCUT2D eigenvalue weighted by Gasteiger charge is 2.28. The van der Waals surface area contributed by atoms with Crippen LogP contribution in [-0.2, 0) is 11.3 Å². The number of nitrogens with one attached hydrogen (secondary N) is 1. The van der Waals surface area contributed by atoms with Gasteiger partial charge in [0.05, 0.1) is 24.5 Å². The van der Waals surface area contributed by atoms with E-state index in [4.69, 9.17) is 15.4 Å². The fourth-order valence-electron chi connectivity index (χ4n) is 3.47. The number of hydrogen-bond donors (Lipinski definition) is 1. The highest BCUT2D eigenvalue weighted by Crippen LogP contribution is 2.30. The molecule has 3 rings (SSSR count). The Morgan fingerprint density at radius 3 is 2.69 bits per heavy atom. The number of allylic oxidation sites excluding steroid dienone is 5. The molecule has 1 aliphatic carbocycles. The zero-order chi connectivity index (χ0) is 20.8. The normalized spacial score (nSPS) is 23.7. The number of nitriles is 1. The van der Waals surface area contributed by atoms with E-state index < -0.39 is 6.23 Å². The van der Waals surface area contributed by atoms with Crippen molar-refractivity contribution >= 4 is 11.9 Å². The van der Waals surface area contributed by atoms with Crippen LogP contribution in [0.3, 0.4) is 0 Å². The molecule has 5 heteroatoms. The molecule has 2 aliphatic rings. The molecule has 0 spiro atoms. The Hall–Kier alpha value is -2.84. The lowest BCUT2D eigenvalue weighted by Gasteiger charge is -2.27. The summed E-state index contributed by atoms with van der Waals surface area (Å²) >= 11 is 0. The molecule has 0 saturated carbocycles. The molecule has 29 heavy (non-hydrogen) atoms. The van der Waals surface area contributed by atoms with Crippen LogP contribution in [0.5, 0.6) is 0 Å². The molecule has 1 N–H and O–H groups in total. The van der Waals surface area contributed by atoms with Crippen LogP contribution in [0.1, 0.15) is 44.2 Å². The third-order valence-electron chi connectivity index (χ3n) is 5.33. The molecule has 0 saturated heterocycles. The van der Waals surface area contributed by atoms with Crippen LogP contribution in [-0.4, -0.2) is 18.2 Å². The number of nitrogens with zero attached hydrogens (tertiary/aromatic N) is 2. The van der Waals surface area contributed by atoms with Gasteiger partial charge in [0.15, 0.2) is 6.23 Å². The number of benzene rings is 1. The van der Waals surface area contributed by atoms with E-state index in [1.165, 1.54) is 6.21 Å². The number of aliphatic imine (C=N–C) groups is 1. The lowest BCUT2D eigenvalue weighted by atomic mass is 9.89. The number of halogens is 1. The molecule has 3 unspecified atom stereocenters. The van der Waals surface area contributed by atoms with Gasteiger partial charge in [-0.25, -0.2) is 4.39 Å². The predicted molar refractivity (Wildman–Crippen MR) is 113 cm³/mol. The van der Waals surface area contributed by atoms with Gasteiger partial charge in [0.1, 0.15) is 5.83 Å². The third kappa shape index (κ3) is 5.58. The molecule has 1 heterocycles. The topological polar surface area (TPSA) is 69.2 Å². The summed E-state index contributed by atoms with van der Waals surface area (Å²) in [4.78, 5) is 4.20. The molecule has 0 radical (unpaired) electrons. The summed E-state index contributed by atoms with van der Waals surface area (Å²) in [6.45, 7) is 4.39. The second kappa shape index (κ2) is 9.58. The molecule has 1 aromatic rings. The fraction of sp³-hybridized carbons (Fsp3) is 0.375. The number of ether oxygens (including phenoxy) is 1. The number of hydrogen-bond acceptors (Lipinski definition) is 4. The third-order valence-corrected chi connectivity index (χ3v) is 5.33. The molecular formula is C24H26FN3O. The Morgan fingerprint density at radius 1 is 1.28 bits per heavy atom. The first-order valence-corrected chi connectivity index (χ1v) is 9.92. The summed E-state index contributed by atoms with van der Waals surface area (Å²) in [6, 6.07) is 9.26. The lowest BCUT2D eigenvalue weighted by Crippen LogP contribution is -2.26. The minimum atomic E-state index is -0.484. The van der Waals surface area contributed by atoms with E-state index in [-0.39, 0.29) is 18.2 Å². The van der Waals surface area contributed by atoms with Gasteiger partial charge in [-0.1, -0.05) is 44.2 Å². The van der Waals surface area contributed by atoms with Crippen molar-refractivity contribution in [3.63, 3.8) is 0 Å². The first kappa shape index (κ1) is 20.9. The van der Waals surface area contributed by atoms with Crippen LogP contribution in [0.25, 0.3) is 0 Å². The predicted octanol–water partition coefficient (Wildman–Crippen LogP) is 5.67. The smallest absolute Gasteiger partial charge is 0.155 e. The largest absolute Gasteiger partial charge is 0.351 e. The van der Waals surface area contributed by atoms with Gasteiger partial charge >= 0.3 is 0 Å². The maximum Gasteiger partial charge on any atom is 0.155 e. The summed E-state index contributed by atoms with van der Waals surface area (Å²) in [5.74, 6) is -0.0615. The highest BCUT2D eigenvalue weighted by molar-refractivity contribution is 5.88. The number of rotatable bonds is 7. The molecule has 0 fully saturated rings. The average Bonchev–Trinajstić information content (AvgIpc) is 2.72. The first-order valence-electron chi connectivity index (χ1n) is 9.92. The second-order valence-electron chi connectivity index (χ2n) is 7.76. The van der Waals surface area contributed by atoms with Gasteiger partial charge in [-0.2, -0.15) is 5.26 Å². The summed E-state index contributed by atoms with van der Waals surface area (Å²) in [5.41, 5.74) is 3.72. The van der Waals surface area contributed by atoms with Crippen molar-refractivity contribution < 1.29 is 9.13 Å². The van der Waals surface area contributed by atoms with Crippen LogP contribution >= 0.6 is 0 Å². The molecule has 0 amide bonds. The Labute approximate surface area is 171 Å². The molecule has 3 atom stereocenters. The maximum absolute atomic E-state index is 14.4. The van der Waals surface area contributed by atoms with Gasteiger partial charge in [-0.05, 0) is 41.2 Å². The molecule has 4 nitrogen and oxygen atoms in total. The van der Waals surface area contributed by atoms with E-state index in [0.29, 0.717) is 35.8 Å². The van der Waals surface area contributed by atoms with Gasteiger partial charge in [-0.15, -0.1) is 0 Å². The average molecular weight is 391 g/mol. The van der Waals surface area contributed by atoms with Gasteiger partial charge in [-0.3, -0.25) is 4.99 Å². The summed E-state index contributed by atoms with van der Waals surface area (Å²) in [6.07, 6.45) is 8.95. The molecule has 0 bridgehead atoms. The summed E-state index contributed by atoms with van der Waals surface area (Å²) in [5, 5.41) is 17.2.